The maximum atomic E-state index is 14.0. The fourth-order valence-corrected chi connectivity index (χ4v) is 5.93. The number of anilines is 2. The molecule has 2 saturated heterocycles. The SMILES string of the molecule is CN1CCOc2ccc(Cl)cc2C(=O)N2CCCC[C@H]2c2cc3nc(N4CC(CN)C4)cc(n3n2)N(C)CC1. The number of aromatic nitrogens is 3. The van der Waals surface area contributed by atoms with E-state index in [4.69, 9.17) is 32.2 Å². The van der Waals surface area contributed by atoms with Crippen molar-refractivity contribution in [1.29, 1.82) is 0 Å². The van der Waals surface area contributed by atoms with E-state index < -0.39 is 0 Å². The summed E-state index contributed by atoms with van der Waals surface area (Å²) >= 11 is 6.35. The highest BCUT2D eigenvalue weighted by Crippen LogP contribution is 2.36. The molecule has 0 aliphatic carbocycles. The van der Waals surface area contributed by atoms with Crippen LogP contribution in [0.1, 0.15) is 41.4 Å². The van der Waals surface area contributed by atoms with Crippen molar-refractivity contribution in [2.75, 3.05) is 76.3 Å². The molecule has 0 saturated carbocycles. The summed E-state index contributed by atoms with van der Waals surface area (Å²) < 4.78 is 8.08. The normalized spacial score (nSPS) is 21.6. The van der Waals surface area contributed by atoms with Crippen LogP contribution in [0.15, 0.2) is 30.3 Å². The number of hydrogen-bond donors (Lipinski definition) is 1. The number of benzene rings is 1. The minimum Gasteiger partial charge on any atom is -0.491 e. The number of halogens is 1. The zero-order valence-electron chi connectivity index (χ0n) is 22.7. The molecule has 1 amide bonds. The first-order valence-electron chi connectivity index (χ1n) is 13.9. The first kappa shape index (κ1) is 26.2. The van der Waals surface area contributed by atoms with E-state index in [9.17, 15) is 4.79 Å². The van der Waals surface area contributed by atoms with Gasteiger partial charge in [-0.25, -0.2) is 4.98 Å². The van der Waals surface area contributed by atoms with Crippen LogP contribution in [0.5, 0.6) is 5.75 Å². The molecule has 0 spiro atoms. The van der Waals surface area contributed by atoms with Crippen LogP contribution in [-0.2, 0) is 0 Å². The molecule has 5 heterocycles. The van der Waals surface area contributed by atoms with Gasteiger partial charge >= 0.3 is 0 Å². The van der Waals surface area contributed by atoms with Crippen molar-refractivity contribution < 1.29 is 9.53 Å². The Kier molecular flexibility index (Phi) is 7.26. The largest absolute Gasteiger partial charge is 0.491 e. The maximum Gasteiger partial charge on any atom is 0.258 e. The Balaban J connectivity index is 1.44. The molecule has 1 aromatic carbocycles. The third kappa shape index (κ3) is 5.13. The Bertz CT molecular complexity index is 1360. The first-order chi connectivity index (χ1) is 18.9. The maximum absolute atomic E-state index is 14.0. The molecule has 2 aromatic heterocycles. The number of likely N-dealkylation sites (N-methyl/N-ethyl adjacent to an activating group) is 2. The van der Waals surface area contributed by atoms with Crippen molar-refractivity contribution in [2.45, 2.75) is 25.3 Å². The topological polar surface area (TPSA) is 95.5 Å². The number of carbonyl (C=O) groups excluding carboxylic acids is 1. The molecule has 3 aliphatic heterocycles. The first-order valence-corrected chi connectivity index (χ1v) is 14.3. The minimum atomic E-state index is -0.147. The lowest BCUT2D eigenvalue weighted by Gasteiger charge is -2.40. The zero-order chi connectivity index (χ0) is 27.1. The summed E-state index contributed by atoms with van der Waals surface area (Å²) in [6.07, 6.45) is 2.83. The molecule has 3 aromatic rings. The van der Waals surface area contributed by atoms with Crippen LogP contribution in [0.25, 0.3) is 5.65 Å². The van der Waals surface area contributed by atoms with Crippen LogP contribution < -0.4 is 20.3 Å². The zero-order valence-corrected chi connectivity index (χ0v) is 23.5. The van der Waals surface area contributed by atoms with Crippen molar-refractivity contribution in [3.63, 3.8) is 0 Å². The van der Waals surface area contributed by atoms with Gasteiger partial charge in [-0.15, -0.1) is 0 Å². The van der Waals surface area contributed by atoms with Gasteiger partial charge in [-0.1, -0.05) is 11.6 Å². The van der Waals surface area contributed by atoms with E-state index in [0.29, 0.717) is 41.9 Å². The highest BCUT2D eigenvalue weighted by atomic mass is 35.5. The molecular weight excluding hydrogens is 516 g/mol. The van der Waals surface area contributed by atoms with Crippen molar-refractivity contribution in [3.8, 4) is 5.75 Å². The van der Waals surface area contributed by atoms with E-state index in [1.165, 1.54) is 0 Å². The number of carbonyl (C=O) groups is 1. The number of rotatable bonds is 2. The van der Waals surface area contributed by atoms with Gasteiger partial charge in [0.1, 0.15) is 24.0 Å². The van der Waals surface area contributed by atoms with Gasteiger partial charge < -0.3 is 30.1 Å². The molecule has 1 atom stereocenters. The van der Waals surface area contributed by atoms with Gasteiger partial charge in [0.05, 0.1) is 17.3 Å². The smallest absolute Gasteiger partial charge is 0.258 e. The third-order valence-electron chi connectivity index (χ3n) is 8.24. The summed E-state index contributed by atoms with van der Waals surface area (Å²) in [5.41, 5.74) is 8.05. The summed E-state index contributed by atoms with van der Waals surface area (Å²) in [6, 6.07) is 9.34. The molecule has 39 heavy (non-hydrogen) atoms. The van der Waals surface area contributed by atoms with Gasteiger partial charge in [0.25, 0.3) is 5.91 Å². The summed E-state index contributed by atoms with van der Waals surface area (Å²) in [5.74, 6) is 2.93. The quantitative estimate of drug-likeness (QED) is 0.518. The monoisotopic (exact) mass is 552 g/mol. The fraction of sp³-hybridized carbons (Fsp3) is 0.536. The van der Waals surface area contributed by atoms with E-state index in [-0.39, 0.29) is 11.9 Å². The van der Waals surface area contributed by atoms with E-state index >= 15 is 0 Å². The van der Waals surface area contributed by atoms with E-state index in [1.807, 2.05) is 9.42 Å². The Morgan fingerprint density at radius 3 is 2.74 bits per heavy atom. The van der Waals surface area contributed by atoms with Crippen molar-refractivity contribution >= 4 is 34.8 Å². The molecule has 2 N–H and O–H groups in total. The number of piperidine rings is 1. The highest BCUT2D eigenvalue weighted by Gasteiger charge is 2.33. The van der Waals surface area contributed by atoms with Crippen LogP contribution in [0.3, 0.4) is 0 Å². The van der Waals surface area contributed by atoms with Crippen molar-refractivity contribution in [2.24, 2.45) is 11.7 Å². The Morgan fingerprint density at radius 1 is 1.08 bits per heavy atom. The van der Waals surface area contributed by atoms with E-state index in [0.717, 1.165) is 75.0 Å². The summed E-state index contributed by atoms with van der Waals surface area (Å²) in [6.45, 7) is 6.05. The van der Waals surface area contributed by atoms with Crippen LogP contribution >= 0.6 is 11.6 Å². The lowest BCUT2D eigenvalue weighted by atomic mass is 9.98. The molecule has 208 valence electrons. The Hall–Kier alpha value is -3.08. The molecule has 2 fully saturated rings. The van der Waals surface area contributed by atoms with Gasteiger partial charge in [-0.2, -0.15) is 9.61 Å². The summed E-state index contributed by atoms with van der Waals surface area (Å²) in [7, 11) is 4.18. The molecule has 0 unspecified atom stereocenters. The summed E-state index contributed by atoms with van der Waals surface area (Å²) in [5, 5.41) is 5.59. The van der Waals surface area contributed by atoms with Gasteiger partial charge in [0.2, 0.25) is 0 Å². The number of nitrogens with two attached hydrogens (primary N) is 1. The second-order valence-corrected chi connectivity index (χ2v) is 11.5. The van der Waals surface area contributed by atoms with Gasteiger partial charge in [-0.3, -0.25) is 4.79 Å². The molecular formula is C28H37ClN8O2. The second kappa shape index (κ2) is 10.8. The highest BCUT2D eigenvalue weighted by molar-refractivity contribution is 6.31. The van der Waals surface area contributed by atoms with Gasteiger partial charge in [0, 0.05) is 69.4 Å². The molecule has 11 heteroatoms. The second-order valence-electron chi connectivity index (χ2n) is 11.0. The Labute approximate surface area is 234 Å². The van der Waals surface area contributed by atoms with Crippen molar-refractivity contribution in [3.05, 3.63) is 46.6 Å². The van der Waals surface area contributed by atoms with Crippen LogP contribution in [0, 0.1) is 5.92 Å². The molecule has 3 aliphatic rings. The molecule has 6 rings (SSSR count). The van der Waals surface area contributed by atoms with Crippen LogP contribution in [0.2, 0.25) is 5.02 Å². The minimum absolute atomic E-state index is 0.0749. The van der Waals surface area contributed by atoms with Crippen LogP contribution in [-0.4, -0.2) is 96.8 Å². The third-order valence-corrected chi connectivity index (χ3v) is 8.48. The van der Waals surface area contributed by atoms with Gasteiger partial charge in [0.15, 0.2) is 5.65 Å². The number of amides is 1. The average Bonchev–Trinajstić information content (AvgIpc) is 3.35. The lowest BCUT2D eigenvalue weighted by Crippen LogP contribution is -2.50. The molecule has 2 bridgehead atoms. The standard InChI is InChI=1S/C28H37ClN8O2/c1-33-9-10-34(2)27-15-25(35-17-19(16-30)18-35)31-26-14-22(32-37(26)27)23-5-3-4-8-36(23)28(38)21-13-20(29)6-7-24(21)39-12-11-33/h6-7,13-15,19,23H,3-5,8-12,16-18,30H2,1-2H3/t23-/m0/s1. The van der Waals surface area contributed by atoms with Crippen LogP contribution in [0.4, 0.5) is 11.6 Å². The number of ether oxygens (including phenoxy) is 1. The predicted molar refractivity (Wildman–Crippen MR) is 153 cm³/mol. The molecule has 0 radical (unpaired) electrons. The van der Waals surface area contributed by atoms with Crippen molar-refractivity contribution in [1.82, 2.24) is 24.4 Å². The number of fused-ring (bicyclic) bond motifs is 4. The van der Waals surface area contributed by atoms with Gasteiger partial charge in [-0.05, 0) is 51.1 Å². The lowest BCUT2D eigenvalue weighted by molar-refractivity contribution is 0.0601. The number of nitrogens with zero attached hydrogens (tertiary/aromatic N) is 7. The number of hydrogen-bond acceptors (Lipinski definition) is 8. The Morgan fingerprint density at radius 2 is 1.92 bits per heavy atom. The van der Waals surface area contributed by atoms with E-state index in [2.05, 4.69) is 40.9 Å². The van der Waals surface area contributed by atoms with E-state index in [1.54, 1.807) is 18.2 Å². The average molecular weight is 553 g/mol. The molecule has 10 nitrogen and oxygen atoms in total. The predicted octanol–water partition coefficient (Wildman–Crippen LogP) is 2.91. The fourth-order valence-electron chi connectivity index (χ4n) is 5.76. The summed E-state index contributed by atoms with van der Waals surface area (Å²) in [4.78, 5) is 27.7.